The molecule has 1 fully saturated rings. The van der Waals surface area contributed by atoms with Crippen LogP contribution in [-0.2, 0) is 13.6 Å². The van der Waals surface area contributed by atoms with E-state index in [-0.39, 0.29) is 17.3 Å². The van der Waals surface area contributed by atoms with Gasteiger partial charge in [-0.15, -0.1) is 0 Å². The van der Waals surface area contributed by atoms with Gasteiger partial charge in [0.1, 0.15) is 5.82 Å². The van der Waals surface area contributed by atoms with Crippen LogP contribution in [0.3, 0.4) is 0 Å². The van der Waals surface area contributed by atoms with Crippen LogP contribution in [-0.4, -0.2) is 25.2 Å². The number of aryl methyl sites for hydroxylation is 1. The molecule has 0 bridgehead atoms. The Labute approximate surface area is 122 Å². The first kappa shape index (κ1) is 14.1. The summed E-state index contributed by atoms with van der Waals surface area (Å²) in [6.45, 7) is 4.55. The fourth-order valence-corrected chi connectivity index (χ4v) is 2.82. The van der Waals surface area contributed by atoms with Gasteiger partial charge in [-0.05, 0) is 26.7 Å². The molecular formula is C14H21N5O2. The lowest BCUT2D eigenvalue weighted by molar-refractivity contribution is 0.543. The third kappa shape index (κ3) is 1.95. The second kappa shape index (κ2) is 4.84. The zero-order valence-corrected chi connectivity index (χ0v) is 12.7. The van der Waals surface area contributed by atoms with Gasteiger partial charge < -0.3 is 10.3 Å². The number of fused-ring (bicyclic) bond motifs is 1. The van der Waals surface area contributed by atoms with Crippen LogP contribution in [0.1, 0.15) is 44.5 Å². The van der Waals surface area contributed by atoms with E-state index in [2.05, 4.69) is 4.98 Å². The maximum atomic E-state index is 12.7. The standard InChI is InChI=1S/C14H21N5O2/c1-4-18-13(20)10-12(17(3)14(18)21)16-11(9-5-6-9)19(10)8(2)7-15/h8-9H,4-7,15H2,1-3H3. The third-order valence-electron chi connectivity index (χ3n) is 4.24. The van der Waals surface area contributed by atoms with Crippen LogP contribution < -0.4 is 17.0 Å². The molecule has 1 aliphatic carbocycles. The van der Waals surface area contributed by atoms with Crippen LogP contribution in [0.4, 0.5) is 0 Å². The van der Waals surface area contributed by atoms with E-state index in [1.165, 1.54) is 9.13 Å². The van der Waals surface area contributed by atoms with Crippen LogP contribution in [0.25, 0.3) is 11.2 Å². The maximum Gasteiger partial charge on any atom is 0.332 e. The van der Waals surface area contributed by atoms with E-state index in [4.69, 9.17) is 5.73 Å². The van der Waals surface area contributed by atoms with Crippen molar-refractivity contribution in [2.75, 3.05) is 6.54 Å². The lowest BCUT2D eigenvalue weighted by atomic mass is 10.3. The highest BCUT2D eigenvalue weighted by atomic mass is 16.2. The third-order valence-corrected chi connectivity index (χ3v) is 4.24. The van der Waals surface area contributed by atoms with Gasteiger partial charge in [0.05, 0.1) is 0 Å². The van der Waals surface area contributed by atoms with Crippen molar-refractivity contribution in [2.24, 2.45) is 12.8 Å². The SMILES string of the molecule is CCn1c(=O)c2c(nc(C3CC3)n2C(C)CN)n(C)c1=O. The van der Waals surface area contributed by atoms with Gasteiger partial charge >= 0.3 is 5.69 Å². The van der Waals surface area contributed by atoms with Crippen molar-refractivity contribution in [3.63, 3.8) is 0 Å². The molecule has 1 saturated carbocycles. The van der Waals surface area contributed by atoms with Gasteiger partial charge in [0.2, 0.25) is 0 Å². The Bertz CT molecular complexity index is 809. The average Bonchev–Trinajstić information content (AvgIpc) is 3.24. The van der Waals surface area contributed by atoms with Gasteiger partial charge in [-0.1, -0.05) is 0 Å². The summed E-state index contributed by atoms with van der Waals surface area (Å²) in [5.41, 5.74) is 6.19. The molecule has 0 aromatic carbocycles. The van der Waals surface area contributed by atoms with Gasteiger partial charge in [0.25, 0.3) is 5.56 Å². The van der Waals surface area contributed by atoms with E-state index < -0.39 is 0 Å². The van der Waals surface area contributed by atoms with Crippen molar-refractivity contribution in [3.8, 4) is 0 Å². The second-order valence-electron chi connectivity index (χ2n) is 5.76. The summed E-state index contributed by atoms with van der Waals surface area (Å²) in [6.07, 6.45) is 2.16. The molecule has 0 aliphatic heterocycles. The van der Waals surface area contributed by atoms with Crippen molar-refractivity contribution in [2.45, 2.75) is 45.2 Å². The van der Waals surface area contributed by atoms with Crippen molar-refractivity contribution in [1.82, 2.24) is 18.7 Å². The first-order valence-corrected chi connectivity index (χ1v) is 7.42. The average molecular weight is 291 g/mol. The highest BCUT2D eigenvalue weighted by Gasteiger charge is 2.32. The first-order valence-electron chi connectivity index (χ1n) is 7.42. The Morgan fingerprint density at radius 2 is 2.05 bits per heavy atom. The summed E-state index contributed by atoms with van der Waals surface area (Å²) in [5, 5.41) is 0. The zero-order valence-electron chi connectivity index (χ0n) is 12.7. The van der Waals surface area contributed by atoms with Gasteiger partial charge in [0, 0.05) is 32.1 Å². The van der Waals surface area contributed by atoms with Crippen molar-refractivity contribution < 1.29 is 0 Å². The number of hydrogen-bond donors (Lipinski definition) is 1. The van der Waals surface area contributed by atoms with Crippen molar-refractivity contribution in [1.29, 1.82) is 0 Å². The summed E-state index contributed by atoms with van der Waals surface area (Å²) >= 11 is 0. The monoisotopic (exact) mass is 291 g/mol. The zero-order chi connectivity index (χ0) is 15.3. The van der Waals surface area contributed by atoms with Crippen LogP contribution in [0.5, 0.6) is 0 Å². The Morgan fingerprint density at radius 3 is 2.57 bits per heavy atom. The summed E-state index contributed by atoms with van der Waals surface area (Å²) in [6, 6.07) is -0.0129. The molecule has 1 atom stereocenters. The molecule has 2 aromatic heterocycles. The Morgan fingerprint density at radius 1 is 1.38 bits per heavy atom. The highest BCUT2D eigenvalue weighted by molar-refractivity contribution is 5.71. The molecule has 7 heteroatoms. The minimum atomic E-state index is -0.317. The van der Waals surface area contributed by atoms with E-state index in [9.17, 15) is 9.59 Å². The van der Waals surface area contributed by atoms with E-state index in [1.807, 2.05) is 11.5 Å². The smallest absolute Gasteiger partial charge is 0.328 e. The van der Waals surface area contributed by atoms with Crippen LogP contribution in [0, 0.1) is 0 Å². The van der Waals surface area contributed by atoms with Crippen LogP contribution in [0.2, 0.25) is 0 Å². The molecule has 7 nitrogen and oxygen atoms in total. The number of nitrogens with two attached hydrogens (primary N) is 1. The number of hydrogen-bond acceptors (Lipinski definition) is 4. The Hall–Kier alpha value is -1.89. The largest absolute Gasteiger partial charge is 0.332 e. The van der Waals surface area contributed by atoms with Gasteiger partial charge in [-0.2, -0.15) is 0 Å². The minimum absolute atomic E-state index is 0.0129. The molecule has 2 aromatic rings. The fourth-order valence-electron chi connectivity index (χ4n) is 2.82. The molecule has 2 N–H and O–H groups in total. The molecule has 0 radical (unpaired) electrons. The lowest BCUT2D eigenvalue weighted by Gasteiger charge is -2.15. The quantitative estimate of drug-likeness (QED) is 0.878. The lowest BCUT2D eigenvalue weighted by Crippen LogP contribution is -2.39. The van der Waals surface area contributed by atoms with E-state index in [0.29, 0.717) is 30.2 Å². The molecule has 21 heavy (non-hydrogen) atoms. The predicted molar refractivity (Wildman–Crippen MR) is 80.6 cm³/mol. The van der Waals surface area contributed by atoms with Gasteiger partial charge in [-0.25, -0.2) is 9.78 Å². The fraction of sp³-hybridized carbons (Fsp3) is 0.643. The number of aromatic nitrogens is 4. The summed E-state index contributed by atoms with van der Waals surface area (Å²) in [4.78, 5) is 29.5. The van der Waals surface area contributed by atoms with Crippen LogP contribution in [0.15, 0.2) is 9.59 Å². The second-order valence-corrected chi connectivity index (χ2v) is 5.76. The topological polar surface area (TPSA) is 87.8 Å². The van der Waals surface area contributed by atoms with Gasteiger partial charge in [-0.3, -0.25) is 13.9 Å². The number of imidazole rings is 1. The molecule has 3 rings (SSSR count). The summed E-state index contributed by atoms with van der Waals surface area (Å²) < 4.78 is 4.66. The van der Waals surface area contributed by atoms with E-state index in [1.54, 1.807) is 14.0 Å². The highest BCUT2D eigenvalue weighted by Crippen LogP contribution is 2.41. The minimum Gasteiger partial charge on any atom is -0.328 e. The summed E-state index contributed by atoms with van der Waals surface area (Å²) in [5.74, 6) is 1.28. The van der Waals surface area contributed by atoms with Gasteiger partial charge in [0.15, 0.2) is 11.2 Å². The van der Waals surface area contributed by atoms with Crippen molar-refractivity contribution >= 4 is 11.2 Å². The number of nitrogens with zero attached hydrogens (tertiary/aromatic N) is 4. The normalized spacial score (nSPS) is 16.6. The first-order chi connectivity index (χ1) is 10.0. The van der Waals surface area contributed by atoms with Crippen molar-refractivity contribution in [3.05, 3.63) is 26.7 Å². The molecule has 114 valence electrons. The Balaban J connectivity index is 2.47. The van der Waals surface area contributed by atoms with Crippen LogP contribution >= 0.6 is 0 Å². The molecule has 1 aliphatic rings. The molecular weight excluding hydrogens is 270 g/mol. The molecule has 0 amide bonds. The number of rotatable bonds is 4. The Kier molecular flexibility index (Phi) is 3.24. The summed E-state index contributed by atoms with van der Waals surface area (Å²) in [7, 11) is 1.66. The molecule has 0 spiro atoms. The van der Waals surface area contributed by atoms with E-state index in [0.717, 1.165) is 18.7 Å². The maximum absolute atomic E-state index is 12.7. The van der Waals surface area contributed by atoms with E-state index >= 15 is 0 Å². The predicted octanol–water partition coefficient (Wildman–Crippen LogP) is 0.314. The molecule has 1 unspecified atom stereocenters. The molecule has 2 heterocycles. The molecule has 0 saturated heterocycles.